The van der Waals surface area contributed by atoms with E-state index < -0.39 is 0 Å². The number of benzene rings is 2. The first-order valence-corrected chi connectivity index (χ1v) is 8.64. The molecule has 3 aromatic rings. The zero-order valence-corrected chi connectivity index (χ0v) is 15.6. The van der Waals surface area contributed by atoms with E-state index in [1.54, 1.807) is 0 Å². The van der Waals surface area contributed by atoms with E-state index in [1.807, 2.05) is 73.3 Å². The lowest BCUT2D eigenvalue weighted by Crippen LogP contribution is -2.34. The number of hydrogen-bond donors (Lipinski definition) is 1. The fourth-order valence-electron chi connectivity index (χ4n) is 2.53. The maximum atomic E-state index is 6.06. The summed E-state index contributed by atoms with van der Waals surface area (Å²) in [5, 5.41) is 8.52. The summed E-state index contributed by atoms with van der Waals surface area (Å²) in [7, 11) is 0. The quantitative estimate of drug-likeness (QED) is 0.626. The Morgan fingerprint density at radius 3 is 2.56 bits per heavy atom. The third-order valence-electron chi connectivity index (χ3n) is 3.89. The molecule has 1 N–H and O–H groups in total. The number of hydrogen-bond acceptors (Lipinski definition) is 3. The van der Waals surface area contributed by atoms with Crippen LogP contribution in [0, 0.1) is 13.8 Å². The summed E-state index contributed by atoms with van der Waals surface area (Å²) in [6.45, 7) is 4.41. The zero-order valence-electron chi connectivity index (χ0n) is 14.0. The monoisotopic (exact) mass is 371 g/mol. The van der Waals surface area contributed by atoms with Gasteiger partial charge in [0.15, 0.2) is 5.11 Å². The van der Waals surface area contributed by atoms with Crippen molar-refractivity contribution in [2.75, 3.05) is 10.2 Å². The first-order chi connectivity index (χ1) is 12.0. The fraction of sp³-hybridized carbons (Fsp3) is 0.158. The summed E-state index contributed by atoms with van der Waals surface area (Å²) in [5.41, 5.74) is 3.72. The molecule has 0 saturated carbocycles. The Kier molecular flexibility index (Phi) is 5.36. The second-order valence-corrected chi connectivity index (χ2v) is 6.49. The van der Waals surface area contributed by atoms with Crippen LogP contribution in [0.1, 0.15) is 17.0 Å². The second-order valence-electron chi connectivity index (χ2n) is 5.66. The molecule has 6 heteroatoms. The average Bonchev–Trinajstić information content (AvgIpc) is 2.91. The minimum atomic E-state index is 0.567. The van der Waals surface area contributed by atoms with Crippen molar-refractivity contribution >= 4 is 40.3 Å². The predicted molar refractivity (Wildman–Crippen MR) is 106 cm³/mol. The topological polar surface area (TPSA) is 41.3 Å². The summed E-state index contributed by atoms with van der Waals surface area (Å²) in [6, 6.07) is 17.5. The Labute approximate surface area is 157 Å². The van der Waals surface area contributed by atoms with Gasteiger partial charge in [-0.25, -0.2) is 0 Å². The van der Waals surface area contributed by atoms with Crippen LogP contribution < -0.4 is 10.2 Å². The number of rotatable bonds is 4. The normalized spacial score (nSPS) is 10.5. The fourth-order valence-corrected chi connectivity index (χ4v) is 3.01. The van der Waals surface area contributed by atoms with E-state index >= 15 is 0 Å². The Morgan fingerprint density at radius 2 is 1.92 bits per heavy atom. The lowest BCUT2D eigenvalue weighted by Gasteiger charge is -2.26. The molecule has 0 aliphatic rings. The number of halogens is 1. The lowest BCUT2D eigenvalue weighted by molar-refractivity contribution is 0.392. The van der Waals surface area contributed by atoms with Crippen LogP contribution >= 0.6 is 23.8 Å². The molecule has 0 fully saturated rings. The SMILES string of the molecule is Cc1noc(C)c1CN(C(=S)Nc1cccc(Cl)c1)c1ccccc1. The molecular weight excluding hydrogens is 354 g/mol. The molecule has 0 aliphatic heterocycles. The van der Waals surface area contributed by atoms with Gasteiger partial charge in [-0.2, -0.15) is 0 Å². The number of aryl methyl sites for hydroxylation is 2. The highest BCUT2D eigenvalue weighted by Crippen LogP contribution is 2.23. The first-order valence-electron chi connectivity index (χ1n) is 7.85. The molecule has 0 spiro atoms. The summed E-state index contributed by atoms with van der Waals surface area (Å²) in [4.78, 5) is 2.02. The van der Waals surface area contributed by atoms with Gasteiger partial charge in [0.25, 0.3) is 0 Å². The molecule has 0 unspecified atom stereocenters. The minimum absolute atomic E-state index is 0.567. The number of para-hydroxylation sites is 1. The highest BCUT2D eigenvalue weighted by Gasteiger charge is 2.18. The van der Waals surface area contributed by atoms with Crippen molar-refractivity contribution in [2.45, 2.75) is 20.4 Å². The van der Waals surface area contributed by atoms with Crippen molar-refractivity contribution in [3.8, 4) is 0 Å². The van der Waals surface area contributed by atoms with Gasteiger partial charge >= 0.3 is 0 Å². The number of nitrogens with one attached hydrogen (secondary N) is 1. The molecule has 0 aliphatic carbocycles. The molecule has 0 bridgehead atoms. The van der Waals surface area contributed by atoms with Crippen LogP contribution in [0.4, 0.5) is 11.4 Å². The van der Waals surface area contributed by atoms with Gasteiger partial charge in [-0.15, -0.1) is 0 Å². The number of nitrogens with zero attached hydrogens (tertiary/aromatic N) is 2. The number of thiocarbonyl (C=S) groups is 1. The van der Waals surface area contributed by atoms with Crippen LogP contribution in [-0.4, -0.2) is 10.3 Å². The van der Waals surface area contributed by atoms with E-state index in [1.165, 1.54) is 0 Å². The molecule has 4 nitrogen and oxygen atoms in total. The molecular formula is C19H18ClN3OS. The molecule has 0 atom stereocenters. The first kappa shape index (κ1) is 17.5. The molecule has 3 rings (SSSR count). The molecule has 128 valence electrons. The Hall–Kier alpha value is -2.37. The van der Waals surface area contributed by atoms with Crippen molar-refractivity contribution in [3.63, 3.8) is 0 Å². The second kappa shape index (κ2) is 7.68. The molecule has 0 saturated heterocycles. The number of anilines is 2. The zero-order chi connectivity index (χ0) is 17.8. The van der Waals surface area contributed by atoms with Gasteiger partial charge < -0.3 is 14.7 Å². The van der Waals surface area contributed by atoms with E-state index in [4.69, 9.17) is 28.3 Å². The van der Waals surface area contributed by atoms with Crippen LogP contribution in [-0.2, 0) is 6.54 Å². The third-order valence-corrected chi connectivity index (χ3v) is 4.44. The van der Waals surface area contributed by atoms with Crippen molar-refractivity contribution < 1.29 is 4.52 Å². The van der Waals surface area contributed by atoms with E-state index in [2.05, 4.69) is 10.5 Å². The predicted octanol–water partition coefficient (Wildman–Crippen LogP) is 5.35. The largest absolute Gasteiger partial charge is 0.361 e. The highest BCUT2D eigenvalue weighted by molar-refractivity contribution is 7.80. The number of aromatic nitrogens is 1. The molecule has 0 amide bonds. The molecule has 1 aromatic heterocycles. The van der Waals surface area contributed by atoms with Crippen LogP contribution in [0.3, 0.4) is 0 Å². The van der Waals surface area contributed by atoms with Gasteiger partial charge in [-0.05, 0) is 56.4 Å². The van der Waals surface area contributed by atoms with E-state index in [0.29, 0.717) is 16.7 Å². The van der Waals surface area contributed by atoms with Crippen LogP contribution in [0.15, 0.2) is 59.1 Å². The Morgan fingerprint density at radius 1 is 1.16 bits per heavy atom. The maximum Gasteiger partial charge on any atom is 0.178 e. The highest BCUT2D eigenvalue weighted by atomic mass is 35.5. The summed E-state index contributed by atoms with van der Waals surface area (Å²) < 4.78 is 5.29. The van der Waals surface area contributed by atoms with E-state index in [9.17, 15) is 0 Å². The summed E-state index contributed by atoms with van der Waals surface area (Å²) in [6.07, 6.45) is 0. The molecule has 25 heavy (non-hydrogen) atoms. The van der Waals surface area contributed by atoms with Gasteiger partial charge in [0, 0.05) is 22.0 Å². The maximum absolute atomic E-state index is 6.06. The van der Waals surface area contributed by atoms with Crippen LogP contribution in [0.25, 0.3) is 0 Å². The van der Waals surface area contributed by atoms with Crippen molar-refractivity contribution in [2.24, 2.45) is 0 Å². The van der Waals surface area contributed by atoms with E-state index in [-0.39, 0.29) is 0 Å². The van der Waals surface area contributed by atoms with Crippen molar-refractivity contribution in [1.82, 2.24) is 5.16 Å². The summed E-state index contributed by atoms with van der Waals surface area (Å²) >= 11 is 11.7. The van der Waals surface area contributed by atoms with Crippen molar-refractivity contribution in [1.29, 1.82) is 0 Å². The van der Waals surface area contributed by atoms with Gasteiger partial charge in [-0.3, -0.25) is 0 Å². The molecule has 2 aromatic carbocycles. The minimum Gasteiger partial charge on any atom is -0.361 e. The van der Waals surface area contributed by atoms with Gasteiger partial charge in [0.05, 0.1) is 12.2 Å². The Bertz CT molecular complexity index is 860. The van der Waals surface area contributed by atoms with Crippen LogP contribution in [0.5, 0.6) is 0 Å². The van der Waals surface area contributed by atoms with Gasteiger partial charge in [0.1, 0.15) is 5.76 Å². The van der Waals surface area contributed by atoms with Crippen LogP contribution in [0.2, 0.25) is 5.02 Å². The molecule has 1 heterocycles. The Balaban J connectivity index is 1.89. The third kappa shape index (κ3) is 4.18. The molecule has 0 radical (unpaired) electrons. The smallest absolute Gasteiger partial charge is 0.178 e. The van der Waals surface area contributed by atoms with Gasteiger partial charge in [-0.1, -0.05) is 41.0 Å². The van der Waals surface area contributed by atoms with E-state index in [0.717, 1.165) is 28.4 Å². The average molecular weight is 372 g/mol. The lowest BCUT2D eigenvalue weighted by atomic mass is 10.2. The standard InChI is InChI=1S/C19H18ClN3OS/c1-13-18(14(2)24-22-13)12-23(17-9-4-3-5-10-17)19(25)21-16-8-6-7-15(20)11-16/h3-11H,12H2,1-2H3,(H,21,25). The summed E-state index contributed by atoms with van der Waals surface area (Å²) in [5.74, 6) is 0.795. The van der Waals surface area contributed by atoms with Gasteiger partial charge in [0.2, 0.25) is 0 Å². The van der Waals surface area contributed by atoms with Crippen molar-refractivity contribution in [3.05, 3.63) is 76.6 Å².